The number of rotatable bonds is 5. The highest BCUT2D eigenvalue weighted by molar-refractivity contribution is 5.97. The number of hydrogen-bond acceptors (Lipinski definition) is 6. The first-order valence-electron chi connectivity index (χ1n) is 5.82. The number of nitrogens with zero attached hydrogens (tertiary/aromatic N) is 2. The summed E-state index contributed by atoms with van der Waals surface area (Å²) >= 11 is 0. The summed E-state index contributed by atoms with van der Waals surface area (Å²) in [5.74, 6) is 0.126. The quantitative estimate of drug-likeness (QED) is 0.375. The average Bonchev–Trinajstić information content (AvgIpc) is 2.47. The Labute approximate surface area is 119 Å². The van der Waals surface area contributed by atoms with Crippen molar-refractivity contribution in [1.29, 1.82) is 5.41 Å². The van der Waals surface area contributed by atoms with Gasteiger partial charge in [-0.25, -0.2) is 4.98 Å². The third-order valence-corrected chi connectivity index (χ3v) is 2.63. The molecule has 0 fully saturated rings. The van der Waals surface area contributed by atoms with Crippen LogP contribution in [0.5, 0.6) is 17.4 Å². The van der Waals surface area contributed by atoms with E-state index in [4.69, 9.17) is 20.6 Å². The van der Waals surface area contributed by atoms with Crippen LogP contribution in [0.3, 0.4) is 0 Å². The number of methoxy groups -OCH3 is 1. The Kier molecular flexibility index (Phi) is 3.98. The first-order chi connectivity index (χ1) is 10.0. The molecule has 0 aliphatic heterocycles. The van der Waals surface area contributed by atoms with Gasteiger partial charge in [0.05, 0.1) is 17.6 Å². The molecule has 1 aromatic carbocycles. The second kappa shape index (κ2) is 5.87. The van der Waals surface area contributed by atoms with Crippen molar-refractivity contribution in [2.24, 2.45) is 5.73 Å². The molecule has 8 heteroatoms. The normalized spacial score (nSPS) is 9.95. The van der Waals surface area contributed by atoms with Crippen LogP contribution < -0.4 is 15.2 Å². The molecule has 2 aromatic rings. The van der Waals surface area contributed by atoms with Crippen molar-refractivity contribution < 1.29 is 14.4 Å². The summed E-state index contributed by atoms with van der Waals surface area (Å²) in [5, 5.41) is 18.5. The average molecular weight is 288 g/mol. The topological polar surface area (TPSA) is 124 Å². The third-order valence-electron chi connectivity index (χ3n) is 2.63. The maximum atomic E-state index is 11.0. The molecule has 0 aliphatic carbocycles. The molecule has 3 N–H and O–H groups in total. The van der Waals surface area contributed by atoms with Gasteiger partial charge in [0.15, 0.2) is 0 Å². The molecule has 1 heterocycles. The predicted octanol–water partition coefficient (Wildman–Crippen LogP) is 2.07. The molecule has 0 radical (unpaired) electrons. The van der Waals surface area contributed by atoms with Crippen LogP contribution >= 0.6 is 0 Å². The van der Waals surface area contributed by atoms with E-state index in [2.05, 4.69) is 4.98 Å². The molecule has 0 saturated carbocycles. The van der Waals surface area contributed by atoms with Gasteiger partial charge in [0, 0.05) is 18.3 Å². The molecule has 8 nitrogen and oxygen atoms in total. The maximum absolute atomic E-state index is 11.0. The minimum absolute atomic E-state index is 0.0151. The number of hydrogen-bond donors (Lipinski definition) is 2. The molecule has 0 atom stereocenters. The highest BCUT2D eigenvalue weighted by Gasteiger charge is 2.19. The van der Waals surface area contributed by atoms with Crippen molar-refractivity contribution in [2.75, 3.05) is 7.11 Å². The lowest BCUT2D eigenvalue weighted by molar-refractivity contribution is -0.385. The molecule has 0 bridgehead atoms. The largest absolute Gasteiger partial charge is 0.497 e. The van der Waals surface area contributed by atoms with E-state index in [1.807, 2.05) is 0 Å². The van der Waals surface area contributed by atoms with Crippen LogP contribution in [0.15, 0.2) is 36.5 Å². The number of ether oxygens (including phenoxy) is 2. The Morgan fingerprint density at radius 1 is 1.43 bits per heavy atom. The van der Waals surface area contributed by atoms with Crippen LogP contribution in [0, 0.1) is 15.5 Å². The zero-order valence-electron chi connectivity index (χ0n) is 11.1. The Hall–Kier alpha value is -3.16. The second-order valence-electron chi connectivity index (χ2n) is 3.96. The van der Waals surface area contributed by atoms with Crippen molar-refractivity contribution in [3.63, 3.8) is 0 Å². The van der Waals surface area contributed by atoms with Crippen molar-refractivity contribution in [3.05, 3.63) is 52.2 Å². The zero-order chi connectivity index (χ0) is 15.4. The lowest BCUT2D eigenvalue weighted by Gasteiger charge is -2.10. The molecule has 0 spiro atoms. The Balaban J connectivity index is 2.48. The summed E-state index contributed by atoms with van der Waals surface area (Å²) in [5.41, 5.74) is 5.43. The molecular formula is C13H12N4O4. The predicted molar refractivity (Wildman–Crippen MR) is 75.0 cm³/mol. The van der Waals surface area contributed by atoms with Crippen molar-refractivity contribution in [3.8, 4) is 17.4 Å². The first-order valence-corrected chi connectivity index (χ1v) is 5.82. The summed E-state index contributed by atoms with van der Waals surface area (Å²) in [7, 11) is 1.44. The van der Waals surface area contributed by atoms with Gasteiger partial charge < -0.3 is 15.2 Å². The molecule has 0 saturated heterocycles. The van der Waals surface area contributed by atoms with Crippen LogP contribution in [0.1, 0.15) is 5.56 Å². The molecule has 21 heavy (non-hydrogen) atoms. The van der Waals surface area contributed by atoms with E-state index < -0.39 is 4.92 Å². The van der Waals surface area contributed by atoms with Crippen LogP contribution in [0.25, 0.3) is 0 Å². The SMILES string of the molecule is COc1ccc([N+](=O)[O-])c(Oc2ncccc2C(=N)N)c1. The third kappa shape index (κ3) is 3.06. The van der Waals surface area contributed by atoms with Gasteiger partial charge in [-0.1, -0.05) is 0 Å². The van der Waals surface area contributed by atoms with E-state index in [0.29, 0.717) is 5.75 Å². The zero-order valence-corrected chi connectivity index (χ0v) is 11.1. The van der Waals surface area contributed by atoms with Gasteiger partial charge >= 0.3 is 5.69 Å². The minimum Gasteiger partial charge on any atom is -0.497 e. The molecule has 0 amide bonds. The van der Waals surface area contributed by atoms with Crippen LogP contribution in [-0.4, -0.2) is 22.9 Å². The highest BCUT2D eigenvalue weighted by Crippen LogP contribution is 2.34. The molecule has 0 unspecified atom stereocenters. The van der Waals surface area contributed by atoms with Gasteiger partial charge in [-0.3, -0.25) is 15.5 Å². The van der Waals surface area contributed by atoms with Crippen molar-refractivity contribution >= 4 is 11.5 Å². The molecular weight excluding hydrogens is 276 g/mol. The van der Waals surface area contributed by atoms with Gasteiger partial charge in [-0.2, -0.15) is 0 Å². The fourth-order valence-electron chi connectivity index (χ4n) is 1.64. The van der Waals surface area contributed by atoms with E-state index >= 15 is 0 Å². The molecule has 2 rings (SSSR count). The van der Waals surface area contributed by atoms with E-state index in [0.717, 1.165) is 0 Å². The number of nitro groups is 1. The lowest BCUT2D eigenvalue weighted by atomic mass is 10.2. The summed E-state index contributed by atoms with van der Waals surface area (Å²) in [6.07, 6.45) is 1.44. The number of aromatic nitrogens is 1. The first kappa shape index (κ1) is 14.3. The maximum Gasteiger partial charge on any atom is 0.311 e. The van der Waals surface area contributed by atoms with E-state index in [1.54, 1.807) is 6.07 Å². The highest BCUT2D eigenvalue weighted by atomic mass is 16.6. The van der Waals surface area contributed by atoms with Crippen molar-refractivity contribution in [1.82, 2.24) is 4.98 Å². The summed E-state index contributed by atoms with van der Waals surface area (Å²) in [4.78, 5) is 14.4. The van der Waals surface area contributed by atoms with Gasteiger partial charge in [0.2, 0.25) is 11.6 Å². The number of amidine groups is 1. The molecule has 1 aromatic heterocycles. The number of benzene rings is 1. The van der Waals surface area contributed by atoms with Crippen LogP contribution in [0.4, 0.5) is 5.69 Å². The standard InChI is InChI=1S/C13H12N4O4/c1-20-8-4-5-10(17(18)19)11(7-8)21-13-9(12(14)15)3-2-6-16-13/h2-7H,1H3,(H3,14,15). The lowest BCUT2D eigenvalue weighted by Crippen LogP contribution is -2.13. The van der Waals surface area contributed by atoms with Crippen LogP contribution in [-0.2, 0) is 0 Å². The van der Waals surface area contributed by atoms with Gasteiger partial charge in [0.1, 0.15) is 11.6 Å². The number of nitrogen functional groups attached to an aromatic ring is 1. The summed E-state index contributed by atoms with van der Waals surface area (Å²) < 4.78 is 10.5. The number of pyridine rings is 1. The molecule has 0 aliphatic rings. The number of nitrogens with two attached hydrogens (primary N) is 1. The summed E-state index contributed by atoms with van der Waals surface area (Å²) in [6, 6.07) is 7.22. The second-order valence-corrected chi connectivity index (χ2v) is 3.96. The summed E-state index contributed by atoms with van der Waals surface area (Å²) in [6.45, 7) is 0. The van der Waals surface area contributed by atoms with E-state index in [-0.39, 0.29) is 28.7 Å². The monoisotopic (exact) mass is 288 g/mol. The molecule has 108 valence electrons. The van der Waals surface area contributed by atoms with Gasteiger partial charge in [0.25, 0.3) is 0 Å². The Bertz CT molecular complexity index is 702. The Morgan fingerprint density at radius 3 is 2.81 bits per heavy atom. The Morgan fingerprint density at radius 2 is 2.19 bits per heavy atom. The van der Waals surface area contributed by atoms with Gasteiger partial charge in [-0.15, -0.1) is 0 Å². The van der Waals surface area contributed by atoms with Gasteiger partial charge in [-0.05, 0) is 18.2 Å². The van der Waals surface area contributed by atoms with Crippen molar-refractivity contribution in [2.45, 2.75) is 0 Å². The van der Waals surface area contributed by atoms with E-state index in [9.17, 15) is 10.1 Å². The fourth-order valence-corrected chi connectivity index (χ4v) is 1.64. The number of nitrogens with one attached hydrogen (secondary N) is 1. The fraction of sp³-hybridized carbons (Fsp3) is 0.0769. The number of nitro benzene ring substituents is 1. The minimum atomic E-state index is -0.578. The smallest absolute Gasteiger partial charge is 0.311 e. The van der Waals surface area contributed by atoms with E-state index in [1.165, 1.54) is 37.6 Å². The van der Waals surface area contributed by atoms with Crippen LogP contribution in [0.2, 0.25) is 0 Å².